The summed E-state index contributed by atoms with van der Waals surface area (Å²) in [7, 11) is 0. The molecule has 0 unspecified atom stereocenters. The number of carbonyl (C=O) groups excluding carboxylic acids is 1. The molecule has 170 valence electrons. The molecule has 2 aromatic rings. The first-order chi connectivity index (χ1) is 15.2. The van der Waals surface area contributed by atoms with Crippen molar-refractivity contribution < 1.29 is 22.7 Å². The Morgan fingerprint density at radius 3 is 2.53 bits per heavy atom. The maximum atomic E-state index is 13.2. The number of allylic oxidation sites excluding steroid dienone is 2. The van der Waals surface area contributed by atoms with E-state index < -0.39 is 17.1 Å². The molecule has 1 aromatic carbocycles. The Kier molecular flexibility index (Phi) is 9.07. The van der Waals surface area contributed by atoms with Crippen LogP contribution in [-0.2, 0) is 6.18 Å². The van der Waals surface area contributed by atoms with E-state index in [0.717, 1.165) is 12.1 Å². The summed E-state index contributed by atoms with van der Waals surface area (Å²) >= 11 is 4.47. The van der Waals surface area contributed by atoms with Gasteiger partial charge in [-0.1, -0.05) is 30.9 Å². The zero-order valence-electron chi connectivity index (χ0n) is 17.7. The molecule has 1 heterocycles. The predicted octanol–water partition coefficient (Wildman–Crippen LogP) is 5.41. The van der Waals surface area contributed by atoms with E-state index >= 15 is 0 Å². The van der Waals surface area contributed by atoms with Crippen LogP contribution >= 0.6 is 12.6 Å². The number of benzene rings is 1. The molecule has 0 bridgehead atoms. The molecule has 1 amide bonds. The van der Waals surface area contributed by atoms with Gasteiger partial charge >= 0.3 is 6.18 Å². The minimum absolute atomic E-state index is 0.0120. The van der Waals surface area contributed by atoms with Crippen molar-refractivity contribution in [2.24, 2.45) is 4.99 Å². The van der Waals surface area contributed by atoms with Gasteiger partial charge in [0.05, 0.1) is 5.56 Å². The Morgan fingerprint density at radius 1 is 1.28 bits per heavy atom. The highest BCUT2D eigenvalue weighted by Gasteiger charge is 2.31. The van der Waals surface area contributed by atoms with Gasteiger partial charge in [-0.3, -0.25) is 9.79 Å². The lowest BCUT2D eigenvalue weighted by molar-refractivity contribution is -0.137. The second-order valence-electron chi connectivity index (χ2n) is 6.60. The number of amides is 1. The molecule has 1 atom stereocenters. The maximum absolute atomic E-state index is 13.2. The third-order valence-electron chi connectivity index (χ3n) is 4.44. The quantitative estimate of drug-likeness (QED) is 0.234. The van der Waals surface area contributed by atoms with Gasteiger partial charge in [-0.15, -0.1) is 0 Å². The number of rotatable bonds is 9. The number of carbonyl (C=O) groups is 1. The Balaban J connectivity index is 2.15. The van der Waals surface area contributed by atoms with Gasteiger partial charge in [-0.25, -0.2) is 4.98 Å². The van der Waals surface area contributed by atoms with Gasteiger partial charge in [0.2, 0.25) is 5.88 Å². The molecule has 0 fully saturated rings. The SMILES string of the molecule is C=C/C=C\N=C(/C)c1ccccc1C(=O)N(CC)[C@@H](S)COc1ccc(C(F)(F)F)cn1. The summed E-state index contributed by atoms with van der Waals surface area (Å²) in [5.74, 6) is -0.257. The highest BCUT2D eigenvalue weighted by Crippen LogP contribution is 2.29. The van der Waals surface area contributed by atoms with Crippen LogP contribution in [0.1, 0.15) is 35.3 Å². The first kappa shape index (κ1) is 25.2. The molecular weight excluding hydrogens is 439 g/mol. The molecule has 0 radical (unpaired) electrons. The fourth-order valence-corrected chi connectivity index (χ4v) is 3.14. The number of ether oxygens (including phenoxy) is 1. The Labute approximate surface area is 190 Å². The van der Waals surface area contributed by atoms with Crippen molar-refractivity contribution in [2.75, 3.05) is 13.2 Å². The molecule has 0 saturated heterocycles. The van der Waals surface area contributed by atoms with Crippen molar-refractivity contribution in [1.29, 1.82) is 0 Å². The van der Waals surface area contributed by atoms with E-state index in [1.807, 2.05) is 6.07 Å². The van der Waals surface area contributed by atoms with Gasteiger partial charge in [0, 0.05) is 41.8 Å². The van der Waals surface area contributed by atoms with Crippen molar-refractivity contribution >= 4 is 24.2 Å². The zero-order valence-corrected chi connectivity index (χ0v) is 18.6. The summed E-state index contributed by atoms with van der Waals surface area (Å²) in [6.07, 6.45) is 1.10. The third kappa shape index (κ3) is 6.71. The minimum atomic E-state index is -4.47. The van der Waals surface area contributed by atoms with E-state index in [-0.39, 0.29) is 18.4 Å². The fourth-order valence-electron chi connectivity index (χ4n) is 2.80. The molecule has 1 aromatic heterocycles. The highest BCUT2D eigenvalue weighted by atomic mass is 32.1. The number of alkyl halides is 3. The van der Waals surface area contributed by atoms with Gasteiger partial charge in [-0.2, -0.15) is 25.8 Å². The average Bonchev–Trinajstić information content (AvgIpc) is 2.78. The standard InChI is InChI=1S/C23H24F3N3O2S/c1-4-6-13-27-16(3)18-9-7-8-10-19(18)22(30)29(5-2)21(32)15-31-20-12-11-17(14-28-20)23(24,25)26/h4,6-14,21,32H,1,5,15H2,2-3H3/b13-6-,27-16+/t21-/m0/s1. The second kappa shape index (κ2) is 11.5. The summed E-state index contributed by atoms with van der Waals surface area (Å²) in [6, 6.07) is 9.10. The van der Waals surface area contributed by atoms with Crippen molar-refractivity contribution in [3.63, 3.8) is 0 Å². The van der Waals surface area contributed by atoms with Crippen LogP contribution in [0.2, 0.25) is 0 Å². The number of thiol groups is 1. The number of likely N-dealkylation sites (N-methyl/N-ethyl adjacent to an activating group) is 1. The molecule has 0 aliphatic heterocycles. The van der Waals surface area contributed by atoms with Crippen LogP contribution in [0.3, 0.4) is 0 Å². The lowest BCUT2D eigenvalue weighted by Crippen LogP contribution is -2.41. The van der Waals surface area contributed by atoms with Crippen LogP contribution in [-0.4, -0.2) is 40.0 Å². The van der Waals surface area contributed by atoms with Gasteiger partial charge < -0.3 is 9.64 Å². The molecule has 0 aliphatic rings. The van der Waals surface area contributed by atoms with E-state index in [9.17, 15) is 18.0 Å². The molecule has 0 N–H and O–H groups in total. The number of aliphatic imine (C=N–C) groups is 1. The largest absolute Gasteiger partial charge is 0.475 e. The fraction of sp³-hybridized carbons (Fsp3) is 0.261. The summed E-state index contributed by atoms with van der Waals surface area (Å²) in [5.41, 5.74) is 0.920. The summed E-state index contributed by atoms with van der Waals surface area (Å²) in [5, 5.41) is -0.650. The van der Waals surface area contributed by atoms with E-state index in [1.54, 1.807) is 50.4 Å². The molecule has 5 nitrogen and oxygen atoms in total. The lowest BCUT2D eigenvalue weighted by atomic mass is 10.0. The van der Waals surface area contributed by atoms with Crippen molar-refractivity contribution in [3.05, 3.63) is 84.2 Å². The average molecular weight is 464 g/mol. The minimum Gasteiger partial charge on any atom is -0.475 e. The van der Waals surface area contributed by atoms with Gasteiger partial charge in [-0.05, 0) is 32.1 Å². The number of hydrogen-bond acceptors (Lipinski definition) is 5. The van der Waals surface area contributed by atoms with Gasteiger partial charge in [0.1, 0.15) is 12.0 Å². The van der Waals surface area contributed by atoms with Crippen molar-refractivity contribution in [3.8, 4) is 5.88 Å². The molecule has 32 heavy (non-hydrogen) atoms. The number of hydrogen-bond donors (Lipinski definition) is 1. The maximum Gasteiger partial charge on any atom is 0.417 e. The topological polar surface area (TPSA) is 54.8 Å². The number of nitrogens with zero attached hydrogens (tertiary/aromatic N) is 3. The van der Waals surface area contributed by atoms with E-state index in [1.165, 1.54) is 4.90 Å². The summed E-state index contributed by atoms with van der Waals surface area (Å²) in [6.45, 7) is 7.48. The summed E-state index contributed by atoms with van der Waals surface area (Å²) < 4.78 is 43.4. The molecule has 0 saturated carbocycles. The first-order valence-corrected chi connectivity index (χ1v) is 10.3. The van der Waals surface area contributed by atoms with Crippen LogP contribution in [0.5, 0.6) is 5.88 Å². The second-order valence-corrected chi connectivity index (χ2v) is 7.20. The third-order valence-corrected chi connectivity index (χ3v) is 4.87. The molecule has 0 spiro atoms. The Bertz CT molecular complexity index is 989. The van der Waals surface area contributed by atoms with E-state index in [4.69, 9.17) is 4.74 Å². The van der Waals surface area contributed by atoms with Crippen molar-refractivity contribution in [1.82, 2.24) is 9.88 Å². The number of pyridine rings is 1. The molecule has 9 heteroatoms. The zero-order chi connectivity index (χ0) is 23.7. The van der Waals surface area contributed by atoms with Crippen LogP contribution in [0.4, 0.5) is 13.2 Å². The number of aromatic nitrogens is 1. The summed E-state index contributed by atoms with van der Waals surface area (Å²) in [4.78, 5) is 22.7. The number of halogens is 3. The predicted molar refractivity (Wildman–Crippen MR) is 122 cm³/mol. The Morgan fingerprint density at radius 2 is 1.97 bits per heavy atom. The van der Waals surface area contributed by atoms with Gasteiger partial charge in [0.25, 0.3) is 5.91 Å². The molecular formula is C23H24F3N3O2S. The van der Waals surface area contributed by atoms with Crippen LogP contribution < -0.4 is 4.74 Å². The van der Waals surface area contributed by atoms with Gasteiger partial charge in [0.15, 0.2) is 0 Å². The van der Waals surface area contributed by atoms with E-state index in [2.05, 4.69) is 29.2 Å². The van der Waals surface area contributed by atoms with Crippen LogP contribution in [0, 0.1) is 0 Å². The first-order valence-electron chi connectivity index (χ1n) is 9.75. The Hall–Kier alpha value is -3.07. The van der Waals surface area contributed by atoms with E-state index in [0.29, 0.717) is 29.6 Å². The normalized spacial score (nSPS) is 13.1. The smallest absolute Gasteiger partial charge is 0.417 e. The van der Waals surface area contributed by atoms with Crippen LogP contribution in [0.25, 0.3) is 0 Å². The van der Waals surface area contributed by atoms with Crippen molar-refractivity contribution in [2.45, 2.75) is 25.4 Å². The van der Waals surface area contributed by atoms with Crippen LogP contribution in [0.15, 0.2) is 72.5 Å². The lowest BCUT2D eigenvalue weighted by Gasteiger charge is -2.28. The highest BCUT2D eigenvalue weighted by molar-refractivity contribution is 7.80. The monoisotopic (exact) mass is 463 g/mol. The molecule has 0 aliphatic carbocycles. The molecule has 2 rings (SSSR count).